The summed E-state index contributed by atoms with van der Waals surface area (Å²) in [5.74, 6) is -0.183. The highest BCUT2D eigenvalue weighted by Gasteiger charge is 2.48. The van der Waals surface area contributed by atoms with E-state index >= 15 is 0 Å². The molecule has 28 heavy (non-hydrogen) atoms. The molecule has 0 radical (unpaired) electrons. The van der Waals surface area contributed by atoms with Gasteiger partial charge in [0.05, 0.1) is 0 Å². The molecule has 1 aliphatic rings. The fraction of sp³-hybridized carbons (Fsp3) is 0.400. The zero-order chi connectivity index (χ0) is 20.2. The quantitative estimate of drug-likeness (QED) is 0.522. The maximum absolute atomic E-state index is 12.5. The van der Waals surface area contributed by atoms with Gasteiger partial charge in [0, 0.05) is 13.1 Å². The number of likely N-dealkylation sites (tertiary alicyclic amines) is 1. The average molecular weight is 413 g/mol. The van der Waals surface area contributed by atoms with E-state index in [0.29, 0.717) is 0 Å². The number of rotatable bonds is 6. The second kappa shape index (κ2) is 8.53. The summed E-state index contributed by atoms with van der Waals surface area (Å²) in [5, 5.41) is 0. The van der Waals surface area contributed by atoms with Crippen LogP contribution in [0.1, 0.15) is 29.9 Å². The summed E-state index contributed by atoms with van der Waals surface area (Å²) in [7, 11) is -5.66. The molecule has 8 heteroatoms. The first-order valence-corrected chi connectivity index (χ1v) is 10.5. The van der Waals surface area contributed by atoms with Crippen LogP contribution >= 0.6 is 0 Å². The van der Waals surface area contributed by atoms with Crippen molar-refractivity contribution in [3.63, 3.8) is 0 Å². The Kier molecular flexibility index (Phi) is 6.30. The van der Waals surface area contributed by atoms with Crippen molar-refractivity contribution in [3.8, 4) is 5.75 Å². The first-order chi connectivity index (χ1) is 13.2. The van der Waals surface area contributed by atoms with Gasteiger partial charge in [-0.2, -0.15) is 21.6 Å². The third-order valence-corrected chi connectivity index (χ3v) is 5.86. The highest BCUT2D eigenvalue weighted by Crippen LogP contribution is 2.31. The second-order valence-corrected chi connectivity index (χ2v) is 8.47. The van der Waals surface area contributed by atoms with E-state index in [1.165, 1.54) is 23.8 Å². The molecule has 1 saturated heterocycles. The van der Waals surface area contributed by atoms with Crippen molar-refractivity contribution in [2.24, 2.45) is 0 Å². The molecule has 0 aromatic heterocycles. The number of hydrogen-bond acceptors (Lipinski definition) is 4. The smallest absolute Gasteiger partial charge is 0.376 e. The standard InChI is InChI=1S/C20H22F3NO3S/c21-20(22,23)28(25,26)27-19-10-4-8-17(14-19)18-9-5-12-24(15-18)13-11-16-6-2-1-3-7-16/h1-4,6-8,10,14,18H,5,9,11-13,15H2/t18-/m1/s1. The highest BCUT2D eigenvalue weighted by atomic mass is 32.2. The Morgan fingerprint density at radius 3 is 2.54 bits per heavy atom. The van der Waals surface area contributed by atoms with Crippen LogP contribution < -0.4 is 4.18 Å². The van der Waals surface area contributed by atoms with Gasteiger partial charge in [-0.05, 0) is 55.0 Å². The molecular weight excluding hydrogens is 391 g/mol. The summed E-state index contributed by atoms with van der Waals surface area (Å²) in [6, 6.07) is 16.1. The second-order valence-electron chi connectivity index (χ2n) is 6.93. The molecule has 0 saturated carbocycles. The van der Waals surface area contributed by atoms with Gasteiger partial charge in [0.2, 0.25) is 0 Å². The zero-order valence-corrected chi connectivity index (χ0v) is 16.0. The van der Waals surface area contributed by atoms with Crippen LogP contribution in [0, 0.1) is 0 Å². The van der Waals surface area contributed by atoms with Gasteiger partial charge in [-0.25, -0.2) is 0 Å². The number of halogens is 3. The molecule has 1 aliphatic heterocycles. The molecule has 0 spiro atoms. The molecule has 1 heterocycles. The van der Waals surface area contributed by atoms with Gasteiger partial charge in [0.25, 0.3) is 0 Å². The number of alkyl halides is 3. The third-order valence-electron chi connectivity index (χ3n) is 4.88. The Labute approximate surface area is 163 Å². The van der Waals surface area contributed by atoms with Crippen molar-refractivity contribution in [1.82, 2.24) is 4.90 Å². The normalized spacial score (nSPS) is 18.8. The minimum Gasteiger partial charge on any atom is -0.376 e. The lowest BCUT2D eigenvalue weighted by Gasteiger charge is -2.33. The Hall–Kier alpha value is -2.06. The zero-order valence-electron chi connectivity index (χ0n) is 15.2. The summed E-state index contributed by atoms with van der Waals surface area (Å²) in [4.78, 5) is 2.33. The van der Waals surface area contributed by atoms with Crippen LogP contribution in [0.15, 0.2) is 54.6 Å². The van der Waals surface area contributed by atoms with Gasteiger partial charge >= 0.3 is 15.6 Å². The summed E-state index contributed by atoms with van der Waals surface area (Å²) < 4.78 is 64.3. The topological polar surface area (TPSA) is 46.6 Å². The summed E-state index contributed by atoms with van der Waals surface area (Å²) in [5.41, 5.74) is -3.39. The first kappa shape index (κ1) is 20.7. The Balaban J connectivity index is 1.64. The molecule has 0 unspecified atom stereocenters. The SMILES string of the molecule is O=S(=O)(Oc1cccc([C@@H]2CCCN(CCc3ccccc3)C2)c1)C(F)(F)F. The molecule has 0 aliphatic carbocycles. The molecule has 2 aromatic rings. The minimum atomic E-state index is -5.66. The molecule has 0 amide bonds. The fourth-order valence-electron chi connectivity index (χ4n) is 3.46. The maximum Gasteiger partial charge on any atom is 0.534 e. The Morgan fingerprint density at radius 1 is 1.07 bits per heavy atom. The molecule has 1 fully saturated rings. The van der Waals surface area contributed by atoms with Crippen molar-refractivity contribution in [2.75, 3.05) is 19.6 Å². The predicted octanol–water partition coefficient (Wildman–Crippen LogP) is 4.34. The van der Waals surface area contributed by atoms with Crippen molar-refractivity contribution in [1.29, 1.82) is 0 Å². The number of piperidine rings is 1. The van der Waals surface area contributed by atoms with Crippen LogP contribution in [-0.4, -0.2) is 38.5 Å². The van der Waals surface area contributed by atoms with E-state index in [1.807, 2.05) is 18.2 Å². The maximum atomic E-state index is 12.5. The van der Waals surface area contributed by atoms with E-state index in [-0.39, 0.29) is 11.7 Å². The van der Waals surface area contributed by atoms with E-state index in [2.05, 4.69) is 21.2 Å². The van der Waals surface area contributed by atoms with E-state index in [4.69, 9.17) is 0 Å². The molecule has 4 nitrogen and oxygen atoms in total. The molecule has 2 aromatic carbocycles. The summed E-state index contributed by atoms with van der Waals surface area (Å²) >= 11 is 0. The lowest BCUT2D eigenvalue weighted by Crippen LogP contribution is -2.35. The molecule has 0 N–H and O–H groups in total. The largest absolute Gasteiger partial charge is 0.534 e. The first-order valence-electron chi connectivity index (χ1n) is 9.11. The summed E-state index contributed by atoms with van der Waals surface area (Å²) in [6.07, 6.45) is 2.81. The van der Waals surface area contributed by atoms with Crippen molar-refractivity contribution >= 4 is 10.1 Å². The van der Waals surface area contributed by atoms with Crippen LogP contribution in [0.2, 0.25) is 0 Å². The van der Waals surface area contributed by atoms with Gasteiger partial charge in [-0.3, -0.25) is 0 Å². The van der Waals surface area contributed by atoms with Gasteiger partial charge in [0.1, 0.15) is 5.75 Å². The summed E-state index contributed by atoms with van der Waals surface area (Å²) in [6.45, 7) is 2.66. The van der Waals surface area contributed by atoms with Gasteiger partial charge in [-0.1, -0.05) is 42.5 Å². The predicted molar refractivity (Wildman–Crippen MR) is 101 cm³/mol. The van der Waals surface area contributed by atoms with Crippen LogP contribution in [0.3, 0.4) is 0 Å². The Morgan fingerprint density at radius 2 is 1.82 bits per heavy atom. The van der Waals surface area contributed by atoms with Gasteiger partial charge in [-0.15, -0.1) is 0 Å². The molecule has 152 valence electrons. The number of benzene rings is 2. The monoisotopic (exact) mass is 413 g/mol. The van der Waals surface area contributed by atoms with Crippen LogP contribution in [0.5, 0.6) is 5.75 Å². The molecule has 3 rings (SSSR count). The molecule has 0 bridgehead atoms. The Bertz CT molecular complexity index is 885. The average Bonchev–Trinajstić information content (AvgIpc) is 2.66. The number of hydrogen-bond donors (Lipinski definition) is 0. The molecule has 1 atom stereocenters. The third kappa shape index (κ3) is 5.26. The van der Waals surface area contributed by atoms with E-state index < -0.39 is 15.6 Å². The van der Waals surface area contributed by atoms with E-state index in [0.717, 1.165) is 44.5 Å². The van der Waals surface area contributed by atoms with Crippen molar-refractivity contribution < 1.29 is 25.8 Å². The van der Waals surface area contributed by atoms with Crippen LogP contribution in [0.25, 0.3) is 0 Å². The van der Waals surface area contributed by atoms with Gasteiger partial charge < -0.3 is 9.08 Å². The van der Waals surface area contributed by atoms with E-state index in [9.17, 15) is 21.6 Å². The number of nitrogens with zero attached hydrogens (tertiary/aromatic N) is 1. The van der Waals surface area contributed by atoms with Crippen molar-refractivity contribution in [3.05, 3.63) is 65.7 Å². The van der Waals surface area contributed by atoms with Crippen LogP contribution in [-0.2, 0) is 16.5 Å². The highest BCUT2D eigenvalue weighted by molar-refractivity contribution is 7.88. The molecular formula is C20H22F3NO3S. The van der Waals surface area contributed by atoms with Crippen molar-refractivity contribution in [2.45, 2.75) is 30.7 Å². The minimum absolute atomic E-state index is 0.127. The lowest BCUT2D eigenvalue weighted by molar-refractivity contribution is -0.0500. The van der Waals surface area contributed by atoms with Crippen LogP contribution in [0.4, 0.5) is 13.2 Å². The lowest BCUT2D eigenvalue weighted by atomic mass is 9.90. The fourth-order valence-corrected chi connectivity index (χ4v) is 3.91. The van der Waals surface area contributed by atoms with E-state index in [1.54, 1.807) is 6.07 Å². The van der Waals surface area contributed by atoms with Gasteiger partial charge in [0.15, 0.2) is 0 Å².